The molecule has 49 heavy (non-hydrogen) atoms. The molecule has 2 aromatic carbocycles. The number of pyridine rings is 1. The van der Waals surface area contributed by atoms with E-state index in [1.807, 2.05) is 0 Å². The van der Waals surface area contributed by atoms with Gasteiger partial charge in [-0.1, -0.05) is 12.1 Å². The van der Waals surface area contributed by atoms with Gasteiger partial charge in [-0.2, -0.15) is 31.4 Å². The zero-order valence-corrected chi connectivity index (χ0v) is 25.6. The second-order valence-corrected chi connectivity index (χ2v) is 11.0. The van der Waals surface area contributed by atoms with Crippen LogP contribution in [0, 0.1) is 5.82 Å². The van der Waals surface area contributed by atoms with Crippen LogP contribution in [-0.4, -0.2) is 43.3 Å². The van der Waals surface area contributed by atoms with Crippen LogP contribution in [0.1, 0.15) is 30.0 Å². The van der Waals surface area contributed by atoms with E-state index in [1.54, 1.807) is 24.3 Å². The minimum Gasteiger partial charge on any atom is -0.497 e. The number of hydrogen-bond donors (Lipinski definition) is 1. The van der Waals surface area contributed by atoms with E-state index in [0.29, 0.717) is 28.4 Å². The lowest BCUT2D eigenvalue weighted by Gasteiger charge is -2.19. The number of nitrogens with zero attached hydrogens (tertiary/aromatic N) is 5. The van der Waals surface area contributed by atoms with Gasteiger partial charge in [0.1, 0.15) is 17.1 Å². The fraction of sp³-hybridized carbons (Fsp3) is 0.250. The van der Waals surface area contributed by atoms with Gasteiger partial charge in [0.25, 0.3) is 11.1 Å². The van der Waals surface area contributed by atoms with Crippen LogP contribution in [0.4, 0.5) is 36.4 Å². The van der Waals surface area contributed by atoms with Crippen molar-refractivity contribution in [2.45, 2.75) is 44.8 Å². The number of ketones is 1. The summed E-state index contributed by atoms with van der Waals surface area (Å²) in [5.74, 6) is -1.39. The smallest absolute Gasteiger partial charge is 0.423 e. The predicted octanol–water partition coefficient (Wildman–Crippen LogP) is 5.71. The van der Waals surface area contributed by atoms with Crippen molar-refractivity contribution in [1.82, 2.24) is 24.3 Å². The van der Waals surface area contributed by atoms with Crippen molar-refractivity contribution in [2.24, 2.45) is 0 Å². The van der Waals surface area contributed by atoms with Crippen LogP contribution in [0.2, 0.25) is 0 Å². The van der Waals surface area contributed by atoms with E-state index in [1.165, 1.54) is 32.4 Å². The van der Waals surface area contributed by atoms with Gasteiger partial charge in [0.05, 0.1) is 48.6 Å². The number of ether oxygens (including phenoxy) is 1. The van der Waals surface area contributed by atoms with Crippen molar-refractivity contribution >= 4 is 22.2 Å². The number of halogens is 7. The molecule has 5 rings (SSSR count). The molecule has 0 aliphatic heterocycles. The van der Waals surface area contributed by atoms with Gasteiger partial charge < -0.3 is 14.6 Å². The molecule has 3 heterocycles. The molecule has 0 bridgehead atoms. The van der Waals surface area contributed by atoms with Crippen LogP contribution in [0.5, 0.6) is 5.75 Å². The Kier molecular flexibility index (Phi) is 9.55. The largest absolute Gasteiger partial charge is 0.497 e. The molecule has 5 aromatic rings. The number of anilines is 1. The SMILES string of the molecule is COc1ccc(Cn2ncc(N[C@@H](C)CC(=O)Cn3ccc4cc(-c5ncc(C(F)(F)F)cn5)c(F)cc4c3=O)c(C(F)(F)F)c2=O)cc1. The lowest BCUT2D eigenvalue weighted by Crippen LogP contribution is -2.34. The van der Waals surface area contributed by atoms with Gasteiger partial charge >= 0.3 is 12.4 Å². The summed E-state index contributed by atoms with van der Waals surface area (Å²) in [6.07, 6.45) is -7.02. The quantitative estimate of drug-likeness (QED) is 0.185. The van der Waals surface area contributed by atoms with E-state index in [0.717, 1.165) is 16.8 Å². The van der Waals surface area contributed by atoms with Crippen LogP contribution in [0.15, 0.2) is 76.8 Å². The minimum atomic E-state index is -5.06. The van der Waals surface area contributed by atoms with Crippen LogP contribution in [0.3, 0.4) is 0 Å². The van der Waals surface area contributed by atoms with Crippen LogP contribution < -0.4 is 21.2 Å². The maximum Gasteiger partial charge on any atom is 0.423 e. The Morgan fingerprint density at radius 3 is 2.22 bits per heavy atom. The molecule has 0 aliphatic carbocycles. The second kappa shape index (κ2) is 13.5. The minimum absolute atomic E-state index is 0.147. The normalized spacial score (nSPS) is 12.6. The summed E-state index contributed by atoms with van der Waals surface area (Å²) in [5, 5.41) is 6.44. The molecular weight excluding hydrogens is 665 g/mol. The second-order valence-electron chi connectivity index (χ2n) is 11.0. The standard InChI is InChI=1S/C32H25F7N6O4/c1-17(43-26-14-42-45(30(48)27(26)32(37,38)39)15-18-3-5-22(49-2)6-4-18)9-21(46)16-44-8-7-19-10-24(25(33)11-23(19)29(44)47)28-40-12-20(13-41-28)31(34,35)36/h3-8,10-14,17,43H,9,15-16H2,1-2H3/t17-/m0/s1. The van der Waals surface area contributed by atoms with Crippen molar-refractivity contribution in [2.75, 3.05) is 12.4 Å². The van der Waals surface area contributed by atoms with Crippen molar-refractivity contribution in [3.63, 3.8) is 0 Å². The first-order valence-corrected chi connectivity index (χ1v) is 14.4. The van der Waals surface area contributed by atoms with Gasteiger partial charge in [0, 0.05) is 31.1 Å². The molecule has 0 saturated carbocycles. The molecule has 0 amide bonds. The number of alkyl halides is 6. The summed E-state index contributed by atoms with van der Waals surface area (Å²) in [6, 6.07) is 8.79. The third-order valence-electron chi connectivity index (χ3n) is 7.39. The molecule has 1 atom stereocenters. The Labute approximate surface area is 271 Å². The summed E-state index contributed by atoms with van der Waals surface area (Å²) in [7, 11) is 1.45. The molecule has 0 spiro atoms. The topological polar surface area (TPSA) is 121 Å². The molecule has 17 heteroatoms. The monoisotopic (exact) mass is 690 g/mol. The van der Waals surface area contributed by atoms with Crippen molar-refractivity contribution in [3.05, 3.63) is 110 Å². The fourth-order valence-corrected chi connectivity index (χ4v) is 5.02. The van der Waals surface area contributed by atoms with Gasteiger partial charge in [-0.3, -0.25) is 14.4 Å². The predicted molar refractivity (Wildman–Crippen MR) is 162 cm³/mol. The third kappa shape index (κ3) is 7.76. The number of methoxy groups -OCH3 is 1. The number of rotatable bonds is 10. The van der Waals surface area contributed by atoms with Crippen LogP contribution in [-0.2, 0) is 30.2 Å². The highest BCUT2D eigenvalue weighted by molar-refractivity contribution is 5.86. The van der Waals surface area contributed by atoms with Crippen molar-refractivity contribution in [3.8, 4) is 17.1 Å². The molecule has 10 nitrogen and oxygen atoms in total. The van der Waals surface area contributed by atoms with Gasteiger partial charge in [-0.05, 0) is 48.2 Å². The molecule has 0 aliphatic rings. The van der Waals surface area contributed by atoms with E-state index in [2.05, 4.69) is 20.4 Å². The number of benzene rings is 2. The van der Waals surface area contributed by atoms with Gasteiger partial charge in [0.15, 0.2) is 11.6 Å². The number of Topliss-reactive ketones (excluding diaryl/α,β-unsaturated/α-hetero) is 1. The molecule has 0 fully saturated rings. The lowest BCUT2D eigenvalue weighted by molar-refractivity contribution is -0.139. The molecular formula is C32H25F7N6O4. The fourth-order valence-electron chi connectivity index (χ4n) is 5.02. The maximum atomic E-state index is 15.0. The molecule has 0 unspecified atom stereocenters. The first-order chi connectivity index (χ1) is 23.0. The van der Waals surface area contributed by atoms with Crippen LogP contribution >= 0.6 is 0 Å². The third-order valence-corrected chi connectivity index (χ3v) is 7.39. The van der Waals surface area contributed by atoms with E-state index < -0.39 is 64.5 Å². The average molecular weight is 691 g/mol. The zero-order chi connectivity index (χ0) is 35.7. The number of carbonyl (C=O) groups is 1. The van der Waals surface area contributed by atoms with Gasteiger partial charge in [-0.15, -0.1) is 0 Å². The van der Waals surface area contributed by atoms with Crippen LogP contribution in [0.25, 0.3) is 22.2 Å². The summed E-state index contributed by atoms with van der Waals surface area (Å²) < 4.78 is 102. The number of fused-ring (bicyclic) bond motifs is 1. The molecule has 0 radical (unpaired) electrons. The highest BCUT2D eigenvalue weighted by Gasteiger charge is 2.38. The summed E-state index contributed by atoms with van der Waals surface area (Å²) >= 11 is 0. The van der Waals surface area contributed by atoms with Gasteiger partial charge in [-0.25, -0.2) is 19.0 Å². The molecule has 1 N–H and O–H groups in total. The molecule has 256 valence electrons. The molecule has 3 aromatic heterocycles. The Morgan fingerprint density at radius 2 is 1.61 bits per heavy atom. The average Bonchev–Trinajstić information content (AvgIpc) is 3.03. The van der Waals surface area contributed by atoms with E-state index in [9.17, 15) is 45.1 Å². The Bertz CT molecular complexity index is 2130. The van der Waals surface area contributed by atoms with Gasteiger partial charge in [0.2, 0.25) is 0 Å². The number of nitrogens with one attached hydrogen (secondary N) is 1. The zero-order valence-electron chi connectivity index (χ0n) is 25.6. The first kappa shape index (κ1) is 34.7. The summed E-state index contributed by atoms with van der Waals surface area (Å²) in [6.45, 7) is 0.652. The van der Waals surface area contributed by atoms with E-state index in [-0.39, 0.29) is 35.1 Å². The first-order valence-electron chi connectivity index (χ1n) is 14.4. The number of hydrogen-bond acceptors (Lipinski definition) is 8. The Morgan fingerprint density at radius 1 is 0.939 bits per heavy atom. The Hall–Kier alpha value is -5.61. The number of carbonyl (C=O) groups excluding carboxylic acids is 1. The highest BCUT2D eigenvalue weighted by Crippen LogP contribution is 2.33. The molecule has 0 saturated heterocycles. The lowest BCUT2D eigenvalue weighted by atomic mass is 10.1. The van der Waals surface area contributed by atoms with E-state index >= 15 is 0 Å². The van der Waals surface area contributed by atoms with Crippen molar-refractivity contribution < 1.29 is 40.3 Å². The summed E-state index contributed by atoms with van der Waals surface area (Å²) in [4.78, 5) is 46.0. The summed E-state index contributed by atoms with van der Waals surface area (Å²) in [5.41, 5.74) is -5.16. The highest BCUT2D eigenvalue weighted by atomic mass is 19.4. The number of aromatic nitrogens is 5. The Balaban J connectivity index is 1.30. The van der Waals surface area contributed by atoms with E-state index in [4.69, 9.17) is 4.74 Å². The maximum absolute atomic E-state index is 15.0. The van der Waals surface area contributed by atoms with Crippen molar-refractivity contribution in [1.29, 1.82) is 0 Å².